The van der Waals surface area contributed by atoms with Gasteiger partial charge >= 0.3 is 0 Å². The third-order valence-electron chi connectivity index (χ3n) is 3.24. The number of anilines is 1. The SMILES string of the molecule is CCN(Cc1ccc(N(C)C)cc1)C(=O)c1cn[nH]c1. The summed E-state index contributed by atoms with van der Waals surface area (Å²) >= 11 is 0. The number of carbonyl (C=O) groups is 1. The molecule has 20 heavy (non-hydrogen) atoms. The normalized spacial score (nSPS) is 10.3. The van der Waals surface area contributed by atoms with Gasteiger partial charge in [0.1, 0.15) is 0 Å². The van der Waals surface area contributed by atoms with Gasteiger partial charge in [0.05, 0.1) is 11.8 Å². The number of hydrogen-bond donors (Lipinski definition) is 1. The Morgan fingerprint density at radius 1 is 1.25 bits per heavy atom. The summed E-state index contributed by atoms with van der Waals surface area (Å²) in [7, 11) is 4.02. The topological polar surface area (TPSA) is 52.2 Å². The van der Waals surface area contributed by atoms with Crippen molar-refractivity contribution in [3.8, 4) is 0 Å². The first kappa shape index (κ1) is 14.1. The number of H-pyrrole nitrogens is 1. The van der Waals surface area contributed by atoms with Gasteiger partial charge in [-0.1, -0.05) is 12.1 Å². The van der Waals surface area contributed by atoms with E-state index in [1.807, 2.05) is 21.0 Å². The molecule has 0 aliphatic rings. The molecule has 0 aliphatic carbocycles. The highest BCUT2D eigenvalue weighted by Crippen LogP contribution is 2.14. The van der Waals surface area contributed by atoms with Gasteiger partial charge in [0, 0.05) is 39.1 Å². The van der Waals surface area contributed by atoms with Crippen LogP contribution in [-0.4, -0.2) is 41.6 Å². The monoisotopic (exact) mass is 272 g/mol. The van der Waals surface area contributed by atoms with Gasteiger partial charge in [0.25, 0.3) is 5.91 Å². The summed E-state index contributed by atoms with van der Waals surface area (Å²) < 4.78 is 0. The maximum atomic E-state index is 12.3. The molecule has 1 amide bonds. The lowest BCUT2D eigenvalue weighted by Crippen LogP contribution is -2.30. The molecule has 5 nitrogen and oxygen atoms in total. The molecule has 0 atom stereocenters. The van der Waals surface area contributed by atoms with E-state index >= 15 is 0 Å². The summed E-state index contributed by atoms with van der Waals surface area (Å²) in [6.45, 7) is 3.25. The summed E-state index contributed by atoms with van der Waals surface area (Å²) in [6, 6.07) is 8.23. The second kappa shape index (κ2) is 6.23. The van der Waals surface area contributed by atoms with E-state index in [0.29, 0.717) is 18.7 Å². The number of nitrogens with zero attached hydrogens (tertiary/aromatic N) is 3. The van der Waals surface area contributed by atoms with Gasteiger partial charge in [0.2, 0.25) is 0 Å². The highest BCUT2D eigenvalue weighted by molar-refractivity contribution is 5.93. The van der Waals surface area contributed by atoms with E-state index in [2.05, 4.69) is 39.4 Å². The highest BCUT2D eigenvalue weighted by atomic mass is 16.2. The summed E-state index contributed by atoms with van der Waals surface area (Å²) in [5.41, 5.74) is 2.86. The molecule has 0 spiro atoms. The number of rotatable bonds is 5. The van der Waals surface area contributed by atoms with Crippen molar-refractivity contribution in [3.63, 3.8) is 0 Å². The third kappa shape index (κ3) is 3.17. The molecule has 0 bridgehead atoms. The van der Waals surface area contributed by atoms with E-state index in [0.717, 1.165) is 11.3 Å². The average Bonchev–Trinajstić information content (AvgIpc) is 2.98. The van der Waals surface area contributed by atoms with Crippen LogP contribution in [0.1, 0.15) is 22.8 Å². The van der Waals surface area contributed by atoms with Gasteiger partial charge in [-0.05, 0) is 24.6 Å². The number of aromatic amines is 1. The second-order valence-corrected chi connectivity index (χ2v) is 4.87. The van der Waals surface area contributed by atoms with Gasteiger partial charge in [-0.15, -0.1) is 0 Å². The molecule has 0 fully saturated rings. The van der Waals surface area contributed by atoms with Crippen molar-refractivity contribution < 1.29 is 4.79 Å². The van der Waals surface area contributed by atoms with Crippen molar-refractivity contribution in [2.45, 2.75) is 13.5 Å². The summed E-state index contributed by atoms with van der Waals surface area (Å²) in [4.78, 5) is 16.1. The zero-order valence-corrected chi connectivity index (χ0v) is 12.1. The Bertz CT molecular complexity index is 546. The van der Waals surface area contributed by atoms with Gasteiger partial charge in [0.15, 0.2) is 0 Å². The van der Waals surface area contributed by atoms with E-state index in [4.69, 9.17) is 0 Å². The van der Waals surface area contributed by atoms with Crippen molar-refractivity contribution >= 4 is 11.6 Å². The van der Waals surface area contributed by atoms with Gasteiger partial charge < -0.3 is 9.80 Å². The van der Waals surface area contributed by atoms with Crippen molar-refractivity contribution in [2.75, 3.05) is 25.5 Å². The van der Waals surface area contributed by atoms with Crippen LogP contribution in [0.25, 0.3) is 0 Å². The Balaban J connectivity index is 2.08. The molecule has 0 radical (unpaired) electrons. The van der Waals surface area contributed by atoms with Gasteiger partial charge in [-0.25, -0.2) is 0 Å². The molecule has 0 unspecified atom stereocenters. The van der Waals surface area contributed by atoms with E-state index < -0.39 is 0 Å². The quantitative estimate of drug-likeness (QED) is 0.907. The fourth-order valence-electron chi connectivity index (χ4n) is 2.00. The molecule has 0 saturated heterocycles. The summed E-state index contributed by atoms with van der Waals surface area (Å²) in [5.74, 6) is -0.00191. The maximum absolute atomic E-state index is 12.3. The van der Waals surface area contributed by atoms with Crippen molar-refractivity contribution in [1.82, 2.24) is 15.1 Å². The van der Waals surface area contributed by atoms with Gasteiger partial charge in [-0.2, -0.15) is 5.10 Å². The zero-order chi connectivity index (χ0) is 14.5. The highest BCUT2D eigenvalue weighted by Gasteiger charge is 2.15. The minimum atomic E-state index is -0.00191. The Morgan fingerprint density at radius 3 is 2.45 bits per heavy atom. The molecular formula is C15H20N4O. The van der Waals surface area contributed by atoms with Crippen LogP contribution in [0.2, 0.25) is 0 Å². The van der Waals surface area contributed by atoms with Crippen LogP contribution in [0.15, 0.2) is 36.7 Å². The Hall–Kier alpha value is -2.30. The van der Waals surface area contributed by atoms with Crippen LogP contribution in [0.5, 0.6) is 0 Å². The largest absolute Gasteiger partial charge is 0.378 e. The molecule has 2 aromatic rings. The molecule has 106 valence electrons. The van der Waals surface area contributed by atoms with E-state index in [1.54, 1.807) is 17.3 Å². The third-order valence-corrected chi connectivity index (χ3v) is 3.24. The molecule has 0 aliphatic heterocycles. The molecule has 2 rings (SSSR count). The van der Waals surface area contributed by atoms with Crippen molar-refractivity contribution in [1.29, 1.82) is 0 Å². The van der Waals surface area contributed by atoms with Gasteiger partial charge in [-0.3, -0.25) is 9.89 Å². The van der Waals surface area contributed by atoms with E-state index in [1.165, 1.54) is 0 Å². The van der Waals surface area contributed by atoms with Crippen LogP contribution >= 0.6 is 0 Å². The number of benzene rings is 1. The van der Waals surface area contributed by atoms with Crippen molar-refractivity contribution in [3.05, 3.63) is 47.8 Å². The minimum absolute atomic E-state index is 0.00191. The average molecular weight is 272 g/mol. The Kier molecular flexibility index (Phi) is 4.40. The first-order valence-corrected chi connectivity index (χ1v) is 6.66. The van der Waals surface area contributed by atoms with Crippen LogP contribution < -0.4 is 4.90 Å². The van der Waals surface area contributed by atoms with Crippen LogP contribution in [0.3, 0.4) is 0 Å². The Labute approximate surface area is 119 Å². The molecule has 1 N–H and O–H groups in total. The molecule has 5 heteroatoms. The second-order valence-electron chi connectivity index (χ2n) is 4.87. The fraction of sp³-hybridized carbons (Fsp3) is 0.333. The first-order valence-electron chi connectivity index (χ1n) is 6.66. The summed E-state index contributed by atoms with van der Waals surface area (Å²) in [5, 5.41) is 6.49. The predicted molar refractivity (Wildman–Crippen MR) is 79.8 cm³/mol. The smallest absolute Gasteiger partial charge is 0.257 e. The zero-order valence-electron chi connectivity index (χ0n) is 12.1. The van der Waals surface area contributed by atoms with Crippen LogP contribution in [0.4, 0.5) is 5.69 Å². The number of nitrogens with one attached hydrogen (secondary N) is 1. The van der Waals surface area contributed by atoms with E-state index in [-0.39, 0.29) is 5.91 Å². The van der Waals surface area contributed by atoms with Crippen molar-refractivity contribution in [2.24, 2.45) is 0 Å². The number of amides is 1. The lowest BCUT2D eigenvalue weighted by molar-refractivity contribution is 0.0752. The van der Waals surface area contributed by atoms with Crippen LogP contribution in [0, 0.1) is 0 Å². The van der Waals surface area contributed by atoms with Crippen LogP contribution in [-0.2, 0) is 6.54 Å². The molecule has 1 aromatic carbocycles. The maximum Gasteiger partial charge on any atom is 0.257 e. The number of hydrogen-bond acceptors (Lipinski definition) is 3. The Morgan fingerprint density at radius 2 is 1.95 bits per heavy atom. The lowest BCUT2D eigenvalue weighted by atomic mass is 10.1. The predicted octanol–water partition coefficient (Wildman–Crippen LogP) is 2.14. The molecular weight excluding hydrogens is 252 g/mol. The standard InChI is InChI=1S/C15H20N4O/c1-4-19(15(20)13-9-16-17-10-13)11-12-5-7-14(8-6-12)18(2)3/h5-10H,4,11H2,1-3H3,(H,16,17). The molecule has 1 aromatic heterocycles. The number of aromatic nitrogens is 2. The fourth-order valence-corrected chi connectivity index (χ4v) is 2.00. The lowest BCUT2D eigenvalue weighted by Gasteiger charge is -2.21. The summed E-state index contributed by atoms with van der Waals surface area (Å²) in [6.07, 6.45) is 3.18. The van der Waals surface area contributed by atoms with E-state index in [9.17, 15) is 4.79 Å². The minimum Gasteiger partial charge on any atom is -0.378 e. The first-order chi connectivity index (χ1) is 9.61. The molecule has 0 saturated carbocycles. The number of carbonyl (C=O) groups excluding carboxylic acids is 1. The molecule has 1 heterocycles.